The number of rotatable bonds is 25. The predicted octanol–water partition coefficient (Wildman–Crippen LogP) is 9.33. The summed E-state index contributed by atoms with van der Waals surface area (Å²) in [6, 6.07) is 0. The van der Waals surface area contributed by atoms with E-state index in [1.807, 2.05) is 13.8 Å². The second-order valence-corrected chi connectivity index (χ2v) is 10.1. The molecular weight excluding hydrogens is 424 g/mol. The number of carbonyl (C=O) groups is 2. The van der Waals surface area contributed by atoms with E-state index in [0.29, 0.717) is 26.1 Å². The van der Waals surface area contributed by atoms with E-state index < -0.39 is 17.4 Å². The molecule has 0 aliphatic rings. The zero-order chi connectivity index (χ0) is 25.3. The summed E-state index contributed by atoms with van der Waals surface area (Å²) in [5.74, 6) is -0.804. The van der Waals surface area contributed by atoms with Crippen molar-refractivity contribution >= 4 is 11.9 Å². The van der Waals surface area contributed by atoms with E-state index in [-0.39, 0.29) is 0 Å². The SMILES string of the molecule is CCCCCCCCCCCCCCCCOC(=O)C(CC)(CC)C(=O)OCCCCCCC. The fraction of sp³-hybridized carbons (Fsp3) is 0.933. The summed E-state index contributed by atoms with van der Waals surface area (Å²) in [5.41, 5.74) is -1.14. The topological polar surface area (TPSA) is 52.6 Å². The largest absolute Gasteiger partial charge is 0.465 e. The molecule has 0 N–H and O–H groups in total. The van der Waals surface area contributed by atoms with Crippen molar-refractivity contribution < 1.29 is 19.1 Å². The molecule has 0 unspecified atom stereocenters. The highest BCUT2D eigenvalue weighted by molar-refractivity contribution is 5.99. The standard InChI is InChI=1S/C30H58O4/c1-5-9-11-13-14-15-16-17-18-19-20-21-23-25-27-34-29(32)30(7-3,8-4)28(31)33-26-24-22-12-10-6-2/h5-27H2,1-4H3. The van der Waals surface area contributed by atoms with Crippen LogP contribution in [0.5, 0.6) is 0 Å². The molecule has 0 heterocycles. The van der Waals surface area contributed by atoms with Crippen molar-refractivity contribution in [3.8, 4) is 0 Å². The predicted molar refractivity (Wildman–Crippen MR) is 144 cm³/mol. The maximum absolute atomic E-state index is 12.8. The maximum atomic E-state index is 12.8. The van der Waals surface area contributed by atoms with Gasteiger partial charge in [0.15, 0.2) is 5.41 Å². The van der Waals surface area contributed by atoms with Gasteiger partial charge in [0.05, 0.1) is 13.2 Å². The summed E-state index contributed by atoms with van der Waals surface area (Å²) in [7, 11) is 0. The molecule has 0 aromatic carbocycles. The summed E-state index contributed by atoms with van der Waals surface area (Å²) in [6.45, 7) is 9.01. The van der Waals surface area contributed by atoms with Gasteiger partial charge in [0.1, 0.15) is 0 Å². The van der Waals surface area contributed by atoms with Crippen molar-refractivity contribution in [1.29, 1.82) is 0 Å². The Morgan fingerprint density at radius 3 is 0.971 bits per heavy atom. The normalized spacial score (nSPS) is 11.5. The van der Waals surface area contributed by atoms with Gasteiger partial charge in [-0.05, 0) is 25.7 Å². The molecule has 0 fully saturated rings. The third kappa shape index (κ3) is 15.8. The van der Waals surface area contributed by atoms with Crippen molar-refractivity contribution in [2.45, 2.75) is 163 Å². The van der Waals surface area contributed by atoms with E-state index >= 15 is 0 Å². The Labute approximate surface area is 212 Å². The van der Waals surface area contributed by atoms with E-state index in [1.165, 1.54) is 96.3 Å². The lowest BCUT2D eigenvalue weighted by Crippen LogP contribution is -2.41. The minimum Gasteiger partial charge on any atom is -0.465 e. The van der Waals surface area contributed by atoms with E-state index in [9.17, 15) is 9.59 Å². The molecular formula is C30H58O4. The lowest BCUT2D eigenvalue weighted by atomic mass is 9.82. The van der Waals surface area contributed by atoms with E-state index in [0.717, 1.165) is 25.7 Å². The molecule has 0 aliphatic heterocycles. The van der Waals surface area contributed by atoms with E-state index in [1.54, 1.807) is 0 Å². The quantitative estimate of drug-likeness (QED) is 0.0738. The minimum absolute atomic E-state index is 0.399. The number of esters is 2. The number of hydrogen-bond donors (Lipinski definition) is 0. The number of carbonyl (C=O) groups excluding carboxylic acids is 2. The van der Waals surface area contributed by atoms with Gasteiger partial charge in [-0.25, -0.2) is 0 Å². The van der Waals surface area contributed by atoms with Crippen LogP contribution in [-0.2, 0) is 19.1 Å². The maximum Gasteiger partial charge on any atom is 0.323 e. The Bertz CT molecular complexity index is 470. The summed E-state index contributed by atoms with van der Waals surface area (Å²) >= 11 is 0. The van der Waals surface area contributed by atoms with Crippen LogP contribution in [0.3, 0.4) is 0 Å². The molecule has 34 heavy (non-hydrogen) atoms. The van der Waals surface area contributed by atoms with Gasteiger partial charge in [0, 0.05) is 0 Å². The van der Waals surface area contributed by atoms with Crippen LogP contribution in [0.15, 0.2) is 0 Å². The first-order chi connectivity index (χ1) is 16.6. The van der Waals surface area contributed by atoms with Crippen LogP contribution in [-0.4, -0.2) is 25.2 Å². The molecule has 4 nitrogen and oxygen atoms in total. The van der Waals surface area contributed by atoms with Gasteiger partial charge in [-0.1, -0.05) is 137 Å². The average Bonchev–Trinajstić information content (AvgIpc) is 2.84. The lowest BCUT2D eigenvalue weighted by molar-refractivity contribution is -0.173. The van der Waals surface area contributed by atoms with E-state index in [2.05, 4.69) is 13.8 Å². The van der Waals surface area contributed by atoms with Gasteiger partial charge >= 0.3 is 11.9 Å². The number of unbranched alkanes of at least 4 members (excludes halogenated alkanes) is 17. The van der Waals surface area contributed by atoms with Crippen LogP contribution in [0.2, 0.25) is 0 Å². The fourth-order valence-electron chi connectivity index (χ4n) is 4.52. The van der Waals surface area contributed by atoms with Crippen molar-refractivity contribution in [3.63, 3.8) is 0 Å². The highest BCUT2D eigenvalue weighted by atomic mass is 16.6. The van der Waals surface area contributed by atoms with Crippen LogP contribution < -0.4 is 0 Å². The Morgan fingerprint density at radius 1 is 0.441 bits per heavy atom. The molecule has 0 aliphatic carbocycles. The molecule has 0 amide bonds. The van der Waals surface area contributed by atoms with Crippen LogP contribution in [0.1, 0.15) is 163 Å². The fourth-order valence-corrected chi connectivity index (χ4v) is 4.52. The van der Waals surface area contributed by atoms with Gasteiger partial charge in [-0.2, -0.15) is 0 Å². The van der Waals surface area contributed by atoms with E-state index in [4.69, 9.17) is 9.47 Å². The van der Waals surface area contributed by atoms with Gasteiger partial charge in [-0.3, -0.25) is 9.59 Å². The lowest BCUT2D eigenvalue weighted by Gasteiger charge is -2.27. The van der Waals surface area contributed by atoms with Gasteiger partial charge in [-0.15, -0.1) is 0 Å². The molecule has 0 spiro atoms. The third-order valence-corrected chi connectivity index (χ3v) is 7.20. The second kappa shape index (κ2) is 23.7. The summed E-state index contributed by atoms with van der Waals surface area (Å²) < 4.78 is 11.0. The molecule has 0 aromatic heterocycles. The molecule has 0 aromatic rings. The Kier molecular flexibility index (Phi) is 22.9. The molecule has 4 heteroatoms. The van der Waals surface area contributed by atoms with Crippen LogP contribution in [0.25, 0.3) is 0 Å². The van der Waals surface area contributed by atoms with Crippen molar-refractivity contribution in [1.82, 2.24) is 0 Å². The Morgan fingerprint density at radius 2 is 0.706 bits per heavy atom. The first kappa shape index (κ1) is 32.9. The molecule has 0 rings (SSSR count). The first-order valence-corrected chi connectivity index (χ1v) is 14.9. The van der Waals surface area contributed by atoms with Crippen LogP contribution in [0.4, 0.5) is 0 Å². The average molecular weight is 483 g/mol. The zero-order valence-corrected chi connectivity index (χ0v) is 23.4. The van der Waals surface area contributed by atoms with Crippen LogP contribution in [0, 0.1) is 5.41 Å². The summed E-state index contributed by atoms with van der Waals surface area (Å²) in [4.78, 5) is 25.4. The highest BCUT2D eigenvalue weighted by Crippen LogP contribution is 2.30. The molecule has 202 valence electrons. The summed E-state index contributed by atoms with van der Waals surface area (Å²) in [6.07, 6.45) is 24.6. The van der Waals surface area contributed by atoms with Gasteiger partial charge in [0.25, 0.3) is 0 Å². The highest BCUT2D eigenvalue weighted by Gasteiger charge is 2.45. The first-order valence-electron chi connectivity index (χ1n) is 14.9. The van der Waals surface area contributed by atoms with Gasteiger partial charge < -0.3 is 9.47 Å². The smallest absolute Gasteiger partial charge is 0.323 e. The molecule has 0 bridgehead atoms. The molecule has 0 radical (unpaired) electrons. The molecule has 0 atom stereocenters. The zero-order valence-electron chi connectivity index (χ0n) is 23.4. The van der Waals surface area contributed by atoms with Crippen molar-refractivity contribution in [3.05, 3.63) is 0 Å². The van der Waals surface area contributed by atoms with Crippen molar-refractivity contribution in [2.75, 3.05) is 13.2 Å². The van der Waals surface area contributed by atoms with Crippen LogP contribution >= 0.6 is 0 Å². The molecule has 0 saturated heterocycles. The van der Waals surface area contributed by atoms with Gasteiger partial charge in [0.2, 0.25) is 0 Å². The van der Waals surface area contributed by atoms with Crippen molar-refractivity contribution in [2.24, 2.45) is 5.41 Å². The molecule has 0 saturated carbocycles. The minimum atomic E-state index is -1.14. The Balaban J connectivity index is 3.85. The Hall–Kier alpha value is -1.06. The number of ether oxygens (including phenoxy) is 2. The second-order valence-electron chi connectivity index (χ2n) is 10.1. The number of hydrogen-bond acceptors (Lipinski definition) is 4. The third-order valence-electron chi connectivity index (χ3n) is 7.20. The monoisotopic (exact) mass is 482 g/mol. The summed E-state index contributed by atoms with van der Waals surface area (Å²) in [5, 5.41) is 0.